The Labute approximate surface area is 230 Å². The molecule has 0 aliphatic heterocycles. The van der Waals surface area contributed by atoms with E-state index in [2.05, 4.69) is 13.8 Å². The Morgan fingerprint density at radius 1 is 0.676 bits per heavy atom. The Morgan fingerprint density at radius 3 is 1.49 bits per heavy atom. The van der Waals surface area contributed by atoms with Gasteiger partial charge in [0.05, 0.1) is 21.1 Å². The molecule has 0 rings (SSSR count). The summed E-state index contributed by atoms with van der Waals surface area (Å²) in [7, 11) is 5.86. The molecule has 0 N–H and O–H groups in total. The zero-order valence-corrected chi connectivity index (χ0v) is 25.5. The van der Waals surface area contributed by atoms with Gasteiger partial charge < -0.3 is 19.1 Å². The number of unbranched alkanes of at least 4 members (excludes halogenated alkanes) is 16. The van der Waals surface area contributed by atoms with Crippen LogP contribution in [0.15, 0.2) is 0 Å². The standard InChI is InChI=1S/C32H63NO4/c1-6-7-8-9-10-11-12-13-14-15-16-17-18-21-24-29(2)25-22-19-20-23-26-32(36)37-30(27-31(34)35)28-33(3,4)5/h29-30H,6-28H2,1-5H3. The normalized spacial score (nSPS) is 13.4. The number of carbonyl (C=O) groups excluding carboxylic acids is 2. The highest BCUT2D eigenvalue weighted by atomic mass is 16.5. The maximum atomic E-state index is 12.1. The van der Waals surface area contributed by atoms with Gasteiger partial charge in [-0.3, -0.25) is 4.79 Å². The van der Waals surface area contributed by atoms with E-state index in [0.29, 0.717) is 17.4 Å². The summed E-state index contributed by atoms with van der Waals surface area (Å²) in [6, 6.07) is 0. The largest absolute Gasteiger partial charge is 0.550 e. The molecule has 0 amide bonds. The number of aliphatic carboxylic acids is 1. The number of likely N-dealkylation sites (N-methyl/N-ethyl adjacent to an activating group) is 1. The van der Waals surface area contributed by atoms with Crippen LogP contribution in [0, 0.1) is 5.92 Å². The molecule has 0 aromatic heterocycles. The number of rotatable bonds is 27. The lowest BCUT2D eigenvalue weighted by Crippen LogP contribution is -2.45. The van der Waals surface area contributed by atoms with Gasteiger partial charge in [0.25, 0.3) is 0 Å². The third-order valence-corrected chi connectivity index (χ3v) is 7.32. The Morgan fingerprint density at radius 2 is 1.08 bits per heavy atom. The van der Waals surface area contributed by atoms with Crippen molar-refractivity contribution in [3.8, 4) is 0 Å². The number of carboxylic acid groups (broad SMARTS) is 1. The first-order valence-electron chi connectivity index (χ1n) is 15.8. The number of esters is 1. The zero-order chi connectivity index (χ0) is 27.8. The highest BCUT2D eigenvalue weighted by Crippen LogP contribution is 2.19. The van der Waals surface area contributed by atoms with E-state index in [4.69, 9.17) is 4.74 Å². The van der Waals surface area contributed by atoms with Gasteiger partial charge in [-0.25, -0.2) is 0 Å². The molecule has 5 nitrogen and oxygen atoms in total. The van der Waals surface area contributed by atoms with Crippen molar-refractivity contribution in [2.24, 2.45) is 5.92 Å². The number of quaternary nitrogens is 1. The molecule has 220 valence electrons. The van der Waals surface area contributed by atoms with Gasteiger partial charge in [0.2, 0.25) is 0 Å². The van der Waals surface area contributed by atoms with Gasteiger partial charge in [-0.05, 0) is 12.3 Å². The van der Waals surface area contributed by atoms with E-state index < -0.39 is 12.1 Å². The second kappa shape index (κ2) is 24.0. The van der Waals surface area contributed by atoms with Crippen molar-refractivity contribution in [1.82, 2.24) is 0 Å². The van der Waals surface area contributed by atoms with E-state index in [-0.39, 0.29) is 12.4 Å². The molecule has 0 bridgehead atoms. The van der Waals surface area contributed by atoms with Gasteiger partial charge in [-0.2, -0.15) is 0 Å². The molecule has 0 saturated heterocycles. The van der Waals surface area contributed by atoms with Crippen molar-refractivity contribution in [2.75, 3.05) is 27.7 Å². The van der Waals surface area contributed by atoms with E-state index in [1.807, 2.05) is 21.1 Å². The summed E-state index contributed by atoms with van der Waals surface area (Å²) in [4.78, 5) is 23.1. The van der Waals surface area contributed by atoms with E-state index in [9.17, 15) is 14.7 Å². The van der Waals surface area contributed by atoms with Crippen molar-refractivity contribution in [3.63, 3.8) is 0 Å². The SMILES string of the molecule is CCCCCCCCCCCCCCCCC(C)CCCCCCC(=O)OC(CC(=O)[O-])C[N+](C)(C)C. The van der Waals surface area contributed by atoms with Gasteiger partial charge in [0.15, 0.2) is 6.10 Å². The van der Waals surface area contributed by atoms with Crippen LogP contribution in [0.2, 0.25) is 0 Å². The second-order valence-corrected chi connectivity index (χ2v) is 12.6. The summed E-state index contributed by atoms with van der Waals surface area (Å²) in [6.07, 6.45) is 26.2. The maximum absolute atomic E-state index is 12.1. The van der Waals surface area contributed by atoms with Crippen LogP contribution in [0.4, 0.5) is 0 Å². The summed E-state index contributed by atoms with van der Waals surface area (Å²) in [5.41, 5.74) is 0. The monoisotopic (exact) mass is 525 g/mol. The minimum Gasteiger partial charge on any atom is -0.550 e. The fraction of sp³-hybridized carbons (Fsp3) is 0.938. The summed E-state index contributed by atoms with van der Waals surface area (Å²) < 4.78 is 5.97. The smallest absolute Gasteiger partial charge is 0.306 e. The zero-order valence-electron chi connectivity index (χ0n) is 25.5. The molecule has 0 aliphatic rings. The molecule has 37 heavy (non-hydrogen) atoms. The fourth-order valence-corrected chi connectivity index (χ4v) is 5.13. The number of nitrogens with zero attached hydrogens (tertiary/aromatic N) is 1. The minimum absolute atomic E-state index is 0.238. The highest BCUT2D eigenvalue weighted by molar-refractivity contribution is 5.70. The van der Waals surface area contributed by atoms with E-state index >= 15 is 0 Å². The lowest BCUT2D eigenvalue weighted by molar-refractivity contribution is -0.873. The molecule has 0 spiro atoms. The maximum Gasteiger partial charge on any atom is 0.306 e. The quantitative estimate of drug-likeness (QED) is 0.0629. The number of carboxylic acids is 1. The summed E-state index contributed by atoms with van der Waals surface area (Å²) in [5, 5.41) is 10.9. The van der Waals surface area contributed by atoms with E-state index in [1.165, 1.54) is 109 Å². The van der Waals surface area contributed by atoms with Crippen molar-refractivity contribution in [2.45, 2.75) is 161 Å². The molecule has 0 heterocycles. The molecular formula is C32H63NO4. The fourth-order valence-electron chi connectivity index (χ4n) is 5.13. The van der Waals surface area contributed by atoms with Crippen LogP contribution >= 0.6 is 0 Å². The first-order valence-corrected chi connectivity index (χ1v) is 15.8. The van der Waals surface area contributed by atoms with Gasteiger partial charge in [-0.15, -0.1) is 0 Å². The topological polar surface area (TPSA) is 66.4 Å². The third kappa shape index (κ3) is 27.7. The molecule has 2 atom stereocenters. The molecule has 0 aliphatic carbocycles. The van der Waals surface area contributed by atoms with Crippen LogP contribution in [0.1, 0.15) is 155 Å². The lowest BCUT2D eigenvalue weighted by atomic mass is 9.96. The average molecular weight is 526 g/mol. The van der Waals surface area contributed by atoms with Crippen LogP contribution in [0.3, 0.4) is 0 Å². The predicted molar refractivity (Wildman–Crippen MR) is 154 cm³/mol. The van der Waals surface area contributed by atoms with Crippen LogP contribution in [0.5, 0.6) is 0 Å². The molecular weight excluding hydrogens is 462 g/mol. The van der Waals surface area contributed by atoms with Crippen molar-refractivity contribution in [3.05, 3.63) is 0 Å². The summed E-state index contributed by atoms with van der Waals surface area (Å²) in [5.74, 6) is -0.663. The van der Waals surface area contributed by atoms with Crippen LogP contribution < -0.4 is 5.11 Å². The highest BCUT2D eigenvalue weighted by Gasteiger charge is 2.22. The third-order valence-electron chi connectivity index (χ3n) is 7.32. The summed E-state index contributed by atoms with van der Waals surface area (Å²) >= 11 is 0. The van der Waals surface area contributed by atoms with Crippen molar-refractivity contribution >= 4 is 11.9 Å². The molecule has 0 aromatic rings. The minimum atomic E-state index is -1.17. The number of hydrogen-bond acceptors (Lipinski definition) is 4. The van der Waals surface area contributed by atoms with Gasteiger partial charge in [0, 0.05) is 18.8 Å². The number of hydrogen-bond donors (Lipinski definition) is 0. The Balaban J connectivity index is 3.55. The molecule has 0 radical (unpaired) electrons. The summed E-state index contributed by atoms with van der Waals surface area (Å²) in [6.45, 7) is 5.13. The van der Waals surface area contributed by atoms with Gasteiger partial charge >= 0.3 is 5.97 Å². The van der Waals surface area contributed by atoms with Crippen molar-refractivity contribution < 1.29 is 23.9 Å². The first kappa shape index (κ1) is 35.9. The molecule has 5 heteroatoms. The molecule has 0 saturated carbocycles. The Kier molecular flexibility index (Phi) is 23.3. The Hall–Kier alpha value is -1.10. The average Bonchev–Trinajstić information content (AvgIpc) is 2.80. The predicted octanol–water partition coefficient (Wildman–Crippen LogP) is 7.59. The van der Waals surface area contributed by atoms with E-state index in [0.717, 1.165) is 25.2 Å². The first-order chi connectivity index (χ1) is 17.6. The number of carbonyl (C=O) groups is 2. The molecule has 0 fully saturated rings. The molecule has 0 aromatic carbocycles. The van der Waals surface area contributed by atoms with Crippen LogP contribution in [0.25, 0.3) is 0 Å². The second-order valence-electron chi connectivity index (χ2n) is 12.6. The van der Waals surface area contributed by atoms with Gasteiger partial charge in [-0.1, -0.05) is 136 Å². The van der Waals surface area contributed by atoms with Gasteiger partial charge in [0.1, 0.15) is 6.54 Å². The van der Waals surface area contributed by atoms with Crippen LogP contribution in [-0.4, -0.2) is 50.2 Å². The van der Waals surface area contributed by atoms with Crippen molar-refractivity contribution in [1.29, 1.82) is 0 Å². The Bertz CT molecular complexity index is 543. The molecule has 2 unspecified atom stereocenters. The van der Waals surface area contributed by atoms with Crippen LogP contribution in [-0.2, 0) is 14.3 Å². The van der Waals surface area contributed by atoms with E-state index in [1.54, 1.807) is 0 Å². The number of ether oxygens (including phenoxy) is 1. The lowest BCUT2D eigenvalue weighted by Gasteiger charge is -2.29.